The number of hydrogen-bond donors (Lipinski definition) is 3. The van der Waals surface area contributed by atoms with Gasteiger partial charge < -0.3 is 10.6 Å². The second kappa shape index (κ2) is 11.0. The van der Waals surface area contributed by atoms with Gasteiger partial charge in [-0.15, -0.1) is 0 Å². The Balaban J connectivity index is 1.58. The molecule has 0 unspecified atom stereocenters. The van der Waals surface area contributed by atoms with Gasteiger partial charge in [-0.1, -0.05) is 60.7 Å². The summed E-state index contributed by atoms with van der Waals surface area (Å²) in [5.41, 5.74) is 5.20. The molecule has 160 valence electrons. The highest BCUT2D eigenvalue weighted by molar-refractivity contribution is 6.40. The van der Waals surface area contributed by atoms with Crippen LogP contribution in [0.4, 0.5) is 11.4 Å². The lowest BCUT2D eigenvalue weighted by Gasteiger charge is -2.11. The topological polar surface area (TPSA) is 99.7 Å². The van der Waals surface area contributed by atoms with Gasteiger partial charge in [0, 0.05) is 11.9 Å². The molecule has 0 bridgehead atoms. The molecule has 32 heavy (non-hydrogen) atoms. The normalized spacial score (nSPS) is 10.8. The zero-order valence-electron chi connectivity index (χ0n) is 17.4. The number of allylic oxidation sites excluding steroid dienone is 1. The zero-order chi connectivity index (χ0) is 22.8. The molecule has 3 amide bonds. The molecule has 0 heterocycles. The average molecular weight is 426 g/mol. The van der Waals surface area contributed by atoms with Crippen molar-refractivity contribution in [2.24, 2.45) is 5.10 Å². The number of carbonyl (C=O) groups is 3. The van der Waals surface area contributed by atoms with Crippen LogP contribution in [0, 0.1) is 6.92 Å². The second-order valence-corrected chi connectivity index (χ2v) is 6.81. The summed E-state index contributed by atoms with van der Waals surface area (Å²) in [5, 5.41) is 8.95. The van der Waals surface area contributed by atoms with E-state index in [9.17, 15) is 14.4 Å². The summed E-state index contributed by atoms with van der Waals surface area (Å²) < 4.78 is 0. The van der Waals surface area contributed by atoms with Crippen LogP contribution in [0.2, 0.25) is 0 Å². The van der Waals surface area contributed by atoms with Crippen molar-refractivity contribution in [2.75, 3.05) is 10.6 Å². The minimum absolute atomic E-state index is 0.214. The van der Waals surface area contributed by atoms with Gasteiger partial charge in [0.25, 0.3) is 5.91 Å². The second-order valence-electron chi connectivity index (χ2n) is 6.81. The van der Waals surface area contributed by atoms with Crippen LogP contribution >= 0.6 is 0 Å². The van der Waals surface area contributed by atoms with Crippen LogP contribution in [0.15, 0.2) is 90.0 Å². The molecule has 0 aromatic heterocycles. The van der Waals surface area contributed by atoms with Gasteiger partial charge in [0.1, 0.15) is 0 Å². The third-order valence-corrected chi connectivity index (χ3v) is 4.32. The van der Waals surface area contributed by atoms with E-state index >= 15 is 0 Å². The summed E-state index contributed by atoms with van der Waals surface area (Å²) in [6, 6.07) is 23.3. The Labute approximate surface area is 185 Å². The summed E-state index contributed by atoms with van der Waals surface area (Å²) >= 11 is 0. The molecule has 0 saturated carbocycles. The predicted octanol–water partition coefficient (Wildman–Crippen LogP) is 4.00. The Kier molecular flexibility index (Phi) is 7.64. The lowest BCUT2D eigenvalue weighted by molar-refractivity contribution is -0.136. The van der Waals surface area contributed by atoms with Crippen LogP contribution in [0.3, 0.4) is 0 Å². The fourth-order valence-corrected chi connectivity index (χ4v) is 2.80. The predicted molar refractivity (Wildman–Crippen MR) is 126 cm³/mol. The molecule has 3 rings (SSSR count). The highest BCUT2D eigenvalue weighted by atomic mass is 16.2. The van der Waals surface area contributed by atoms with Crippen LogP contribution < -0.4 is 16.1 Å². The van der Waals surface area contributed by atoms with E-state index in [2.05, 4.69) is 21.2 Å². The first kappa shape index (κ1) is 22.2. The van der Waals surface area contributed by atoms with Crippen LogP contribution in [0.5, 0.6) is 0 Å². The third-order valence-electron chi connectivity index (χ3n) is 4.32. The maximum atomic E-state index is 12.7. The summed E-state index contributed by atoms with van der Waals surface area (Å²) in [6.07, 6.45) is 4.80. The highest BCUT2D eigenvalue weighted by Gasteiger charge is 2.17. The van der Waals surface area contributed by atoms with Gasteiger partial charge in [-0.05, 0) is 48.4 Å². The van der Waals surface area contributed by atoms with Gasteiger partial charge in [-0.3, -0.25) is 14.4 Å². The molecule has 3 aromatic rings. The SMILES string of the molecule is Cc1cccc(NC(=O)c2ccccc2NC(=O)C(=O)N/N=C/C=C/c2ccccc2)c1. The van der Waals surface area contributed by atoms with Gasteiger partial charge in [0.05, 0.1) is 11.3 Å². The smallest absolute Gasteiger partial charge is 0.322 e. The number of carbonyl (C=O) groups excluding carboxylic acids is 3. The quantitative estimate of drug-likeness (QED) is 0.316. The molecule has 0 aliphatic carbocycles. The van der Waals surface area contributed by atoms with E-state index in [1.165, 1.54) is 6.21 Å². The molecule has 7 heteroatoms. The Morgan fingerprint density at radius 1 is 0.812 bits per heavy atom. The molecule has 0 atom stereocenters. The lowest BCUT2D eigenvalue weighted by atomic mass is 10.1. The van der Waals surface area contributed by atoms with Crippen molar-refractivity contribution in [2.45, 2.75) is 6.92 Å². The first-order valence-corrected chi connectivity index (χ1v) is 9.86. The Morgan fingerprint density at radius 2 is 1.56 bits per heavy atom. The first-order chi connectivity index (χ1) is 15.5. The molecule has 0 spiro atoms. The van der Waals surface area contributed by atoms with Crippen molar-refractivity contribution in [3.63, 3.8) is 0 Å². The number of nitrogens with zero attached hydrogens (tertiary/aromatic N) is 1. The van der Waals surface area contributed by atoms with Gasteiger partial charge in [0.15, 0.2) is 0 Å². The van der Waals surface area contributed by atoms with Crippen molar-refractivity contribution in [3.8, 4) is 0 Å². The van der Waals surface area contributed by atoms with E-state index in [1.807, 2.05) is 55.5 Å². The molecule has 0 fully saturated rings. The molecule has 0 radical (unpaired) electrons. The fourth-order valence-electron chi connectivity index (χ4n) is 2.80. The highest BCUT2D eigenvalue weighted by Crippen LogP contribution is 2.18. The number of anilines is 2. The first-order valence-electron chi connectivity index (χ1n) is 9.86. The maximum Gasteiger partial charge on any atom is 0.329 e. The molecular weight excluding hydrogens is 404 g/mol. The van der Waals surface area contributed by atoms with Crippen molar-refractivity contribution in [1.82, 2.24) is 5.43 Å². The van der Waals surface area contributed by atoms with Crippen LogP contribution in [-0.2, 0) is 9.59 Å². The van der Waals surface area contributed by atoms with E-state index in [4.69, 9.17) is 0 Å². The summed E-state index contributed by atoms with van der Waals surface area (Å²) in [7, 11) is 0. The van der Waals surface area contributed by atoms with Gasteiger partial charge in [0.2, 0.25) is 0 Å². The van der Waals surface area contributed by atoms with Gasteiger partial charge >= 0.3 is 11.8 Å². The van der Waals surface area contributed by atoms with Crippen LogP contribution in [-0.4, -0.2) is 23.9 Å². The monoisotopic (exact) mass is 426 g/mol. The van der Waals surface area contributed by atoms with E-state index in [1.54, 1.807) is 42.5 Å². The number of hydrogen-bond acceptors (Lipinski definition) is 4. The molecule has 3 N–H and O–H groups in total. The van der Waals surface area contributed by atoms with Crippen molar-refractivity contribution >= 4 is 41.4 Å². The Bertz CT molecular complexity index is 1170. The minimum atomic E-state index is -0.955. The lowest BCUT2D eigenvalue weighted by Crippen LogP contribution is -2.33. The summed E-state index contributed by atoms with van der Waals surface area (Å²) in [6.45, 7) is 1.92. The number of benzene rings is 3. The standard InChI is InChI=1S/C25H22N4O3/c1-18-9-7-13-20(17-18)27-23(30)21-14-5-6-15-22(21)28-24(31)25(32)29-26-16-8-12-19-10-3-2-4-11-19/h2-17H,1H3,(H,27,30)(H,28,31)(H,29,32)/b12-8+,26-16+. The van der Waals surface area contributed by atoms with Crippen LogP contribution in [0.1, 0.15) is 21.5 Å². The Morgan fingerprint density at radius 3 is 2.34 bits per heavy atom. The molecular formula is C25H22N4O3. The number of aryl methyl sites for hydroxylation is 1. The number of para-hydroxylation sites is 1. The molecule has 7 nitrogen and oxygen atoms in total. The molecule has 0 aliphatic rings. The molecule has 0 saturated heterocycles. The average Bonchev–Trinajstić information content (AvgIpc) is 2.79. The molecule has 3 aromatic carbocycles. The minimum Gasteiger partial charge on any atom is -0.322 e. The number of rotatable bonds is 6. The number of hydrazone groups is 1. The van der Waals surface area contributed by atoms with Crippen LogP contribution in [0.25, 0.3) is 6.08 Å². The molecule has 0 aliphatic heterocycles. The van der Waals surface area contributed by atoms with E-state index in [-0.39, 0.29) is 11.3 Å². The zero-order valence-corrected chi connectivity index (χ0v) is 17.4. The van der Waals surface area contributed by atoms with Crippen molar-refractivity contribution in [3.05, 3.63) is 102 Å². The van der Waals surface area contributed by atoms with E-state index < -0.39 is 17.7 Å². The Hall–Kier alpha value is -4.52. The largest absolute Gasteiger partial charge is 0.329 e. The van der Waals surface area contributed by atoms with Gasteiger partial charge in [-0.25, -0.2) is 5.43 Å². The fraction of sp³-hybridized carbons (Fsp3) is 0.0400. The summed E-state index contributed by atoms with van der Waals surface area (Å²) in [4.78, 5) is 36.9. The maximum absolute atomic E-state index is 12.7. The van der Waals surface area contributed by atoms with Gasteiger partial charge in [-0.2, -0.15) is 5.10 Å². The van der Waals surface area contributed by atoms with E-state index in [0.29, 0.717) is 5.69 Å². The number of amides is 3. The number of nitrogens with one attached hydrogen (secondary N) is 3. The van der Waals surface area contributed by atoms with Crippen molar-refractivity contribution < 1.29 is 14.4 Å². The van der Waals surface area contributed by atoms with Crippen molar-refractivity contribution in [1.29, 1.82) is 0 Å². The summed E-state index contributed by atoms with van der Waals surface area (Å²) in [5.74, 6) is -2.30. The third kappa shape index (κ3) is 6.50. The van der Waals surface area contributed by atoms with E-state index in [0.717, 1.165) is 11.1 Å².